The molecule has 0 fully saturated rings. The van der Waals surface area contributed by atoms with Crippen molar-refractivity contribution in [3.05, 3.63) is 71.1 Å². The molecular formula is C15H11ClN2. The van der Waals surface area contributed by atoms with Gasteiger partial charge in [-0.05, 0) is 23.6 Å². The second kappa shape index (κ2) is 4.75. The Morgan fingerprint density at radius 2 is 1.72 bits per heavy atom. The first-order valence-corrected chi connectivity index (χ1v) is 6.14. The van der Waals surface area contributed by atoms with Gasteiger partial charge in [0.25, 0.3) is 0 Å². The fraction of sp³-hybridized carbons (Fsp3) is 0.0667. The third-order valence-electron chi connectivity index (χ3n) is 2.94. The third-order valence-corrected chi connectivity index (χ3v) is 3.24. The maximum absolute atomic E-state index is 6.08. The van der Waals surface area contributed by atoms with Gasteiger partial charge in [-0.3, -0.25) is 0 Å². The minimum atomic E-state index is 0.509. The van der Waals surface area contributed by atoms with Crippen molar-refractivity contribution < 1.29 is 0 Å². The van der Waals surface area contributed by atoms with E-state index in [0.717, 1.165) is 17.3 Å². The average molecular weight is 255 g/mol. The van der Waals surface area contributed by atoms with Crippen LogP contribution in [0.3, 0.4) is 0 Å². The zero-order chi connectivity index (χ0) is 12.4. The Hall–Kier alpha value is -1.93. The Kier molecular flexibility index (Phi) is 2.95. The third kappa shape index (κ3) is 2.07. The Morgan fingerprint density at radius 3 is 2.56 bits per heavy atom. The highest BCUT2D eigenvalue weighted by Gasteiger charge is 2.06. The van der Waals surface area contributed by atoms with Crippen LogP contribution >= 0.6 is 11.6 Å². The summed E-state index contributed by atoms with van der Waals surface area (Å²) < 4.78 is 0. The van der Waals surface area contributed by atoms with Gasteiger partial charge in [-0.2, -0.15) is 0 Å². The number of halogens is 1. The van der Waals surface area contributed by atoms with E-state index in [2.05, 4.69) is 28.2 Å². The van der Waals surface area contributed by atoms with Gasteiger partial charge in [-0.25, -0.2) is 9.97 Å². The second-order valence-corrected chi connectivity index (χ2v) is 4.50. The number of hydrogen-bond donors (Lipinski definition) is 0. The predicted molar refractivity (Wildman–Crippen MR) is 73.8 cm³/mol. The number of hydrogen-bond acceptors (Lipinski definition) is 2. The van der Waals surface area contributed by atoms with E-state index in [1.807, 2.05) is 30.3 Å². The van der Waals surface area contributed by atoms with Crippen molar-refractivity contribution in [1.82, 2.24) is 9.97 Å². The summed E-state index contributed by atoms with van der Waals surface area (Å²) in [6.07, 6.45) is 2.37. The lowest BCUT2D eigenvalue weighted by Crippen LogP contribution is -1.93. The topological polar surface area (TPSA) is 25.8 Å². The smallest absolute Gasteiger partial charge is 0.140 e. The maximum atomic E-state index is 6.08. The molecule has 0 unspecified atom stereocenters. The summed E-state index contributed by atoms with van der Waals surface area (Å²) >= 11 is 6.08. The van der Waals surface area contributed by atoms with Gasteiger partial charge >= 0.3 is 0 Å². The van der Waals surface area contributed by atoms with E-state index in [1.165, 1.54) is 17.5 Å². The summed E-state index contributed by atoms with van der Waals surface area (Å²) in [5, 5.41) is 1.42. The van der Waals surface area contributed by atoms with Crippen molar-refractivity contribution in [2.75, 3.05) is 0 Å². The van der Waals surface area contributed by atoms with Crippen LogP contribution in [0.5, 0.6) is 0 Å². The van der Waals surface area contributed by atoms with Crippen LogP contribution in [0.4, 0.5) is 0 Å². The Balaban J connectivity index is 2.10. The average Bonchev–Trinajstić information content (AvgIpc) is 2.41. The van der Waals surface area contributed by atoms with Gasteiger partial charge in [0, 0.05) is 5.39 Å². The lowest BCUT2D eigenvalue weighted by atomic mass is 10.0. The number of benzene rings is 2. The Labute approximate surface area is 110 Å². The normalized spacial score (nSPS) is 10.7. The van der Waals surface area contributed by atoms with Gasteiger partial charge in [0.15, 0.2) is 0 Å². The van der Waals surface area contributed by atoms with Gasteiger partial charge in [-0.1, -0.05) is 54.1 Å². The van der Waals surface area contributed by atoms with E-state index >= 15 is 0 Å². The van der Waals surface area contributed by atoms with Crippen LogP contribution < -0.4 is 0 Å². The number of nitrogens with zero attached hydrogens (tertiary/aromatic N) is 2. The monoisotopic (exact) mass is 254 g/mol. The van der Waals surface area contributed by atoms with Gasteiger partial charge in [-0.15, -0.1) is 0 Å². The van der Waals surface area contributed by atoms with Gasteiger partial charge in [0.05, 0.1) is 5.52 Å². The van der Waals surface area contributed by atoms with Crippen LogP contribution in [0.15, 0.2) is 54.9 Å². The molecule has 0 aliphatic rings. The highest BCUT2D eigenvalue weighted by molar-refractivity contribution is 6.34. The quantitative estimate of drug-likeness (QED) is 0.649. The second-order valence-electron chi connectivity index (χ2n) is 4.14. The van der Waals surface area contributed by atoms with Gasteiger partial charge < -0.3 is 0 Å². The first-order chi connectivity index (χ1) is 8.84. The molecule has 3 aromatic rings. The number of aromatic nitrogens is 2. The van der Waals surface area contributed by atoms with Crippen LogP contribution in [-0.4, -0.2) is 9.97 Å². The van der Waals surface area contributed by atoms with Crippen molar-refractivity contribution >= 4 is 22.5 Å². The van der Waals surface area contributed by atoms with Crippen LogP contribution in [-0.2, 0) is 6.42 Å². The Bertz CT molecular complexity index is 680. The van der Waals surface area contributed by atoms with Crippen molar-refractivity contribution in [2.45, 2.75) is 6.42 Å². The van der Waals surface area contributed by atoms with E-state index in [1.54, 1.807) is 0 Å². The van der Waals surface area contributed by atoms with Crippen molar-refractivity contribution in [3.63, 3.8) is 0 Å². The molecule has 0 atom stereocenters. The van der Waals surface area contributed by atoms with E-state index in [0.29, 0.717) is 5.15 Å². The minimum Gasteiger partial charge on any atom is -0.236 e. The zero-order valence-electron chi connectivity index (χ0n) is 9.68. The molecule has 0 N–H and O–H groups in total. The van der Waals surface area contributed by atoms with Crippen LogP contribution in [0.2, 0.25) is 5.15 Å². The fourth-order valence-electron chi connectivity index (χ4n) is 2.08. The molecule has 88 valence electrons. The molecule has 1 aromatic heterocycles. The van der Waals surface area contributed by atoms with Crippen LogP contribution in [0, 0.1) is 0 Å². The van der Waals surface area contributed by atoms with Crippen LogP contribution in [0.25, 0.3) is 10.9 Å². The molecule has 0 aliphatic carbocycles. The minimum absolute atomic E-state index is 0.509. The maximum Gasteiger partial charge on any atom is 0.140 e. The molecule has 0 saturated carbocycles. The number of para-hydroxylation sites is 1. The molecule has 0 saturated heterocycles. The lowest BCUT2D eigenvalue weighted by molar-refractivity contribution is 1.16. The van der Waals surface area contributed by atoms with Crippen LogP contribution in [0.1, 0.15) is 11.1 Å². The summed E-state index contributed by atoms with van der Waals surface area (Å²) in [4.78, 5) is 8.35. The summed E-state index contributed by atoms with van der Waals surface area (Å²) in [5.41, 5.74) is 3.36. The molecular weight excluding hydrogens is 244 g/mol. The first kappa shape index (κ1) is 11.2. The van der Waals surface area contributed by atoms with E-state index in [-0.39, 0.29) is 0 Å². The van der Waals surface area contributed by atoms with Gasteiger partial charge in [0.1, 0.15) is 11.5 Å². The van der Waals surface area contributed by atoms with E-state index < -0.39 is 0 Å². The lowest BCUT2D eigenvalue weighted by Gasteiger charge is -2.06. The summed E-state index contributed by atoms with van der Waals surface area (Å²) in [6, 6.07) is 16.4. The predicted octanol–water partition coefficient (Wildman–Crippen LogP) is 3.87. The summed E-state index contributed by atoms with van der Waals surface area (Å²) in [6.45, 7) is 0. The molecule has 2 nitrogen and oxygen atoms in total. The largest absolute Gasteiger partial charge is 0.236 e. The highest BCUT2D eigenvalue weighted by Crippen LogP contribution is 2.23. The molecule has 0 amide bonds. The van der Waals surface area contributed by atoms with Gasteiger partial charge in [0.2, 0.25) is 0 Å². The molecule has 3 heteroatoms. The molecule has 2 aromatic carbocycles. The van der Waals surface area contributed by atoms with Crippen molar-refractivity contribution in [3.8, 4) is 0 Å². The SMILES string of the molecule is Clc1ncnc2c(Cc3ccccc3)cccc12. The molecule has 0 bridgehead atoms. The zero-order valence-corrected chi connectivity index (χ0v) is 10.4. The van der Waals surface area contributed by atoms with Crippen molar-refractivity contribution in [1.29, 1.82) is 0 Å². The molecule has 0 aliphatic heterocycles. The molecule has 18 heavy (non-hydrogen) atoms. The number of fused-ring (bicyclic) bond motifs is 1. The summed E-state index contributed by atoms with van der Waals surface area (Å²) in [7, 11) is 0. The van der Waals surface area contributed by atoms with Crippen molar-refractivity contribution in [2.24, 2.45) is 0 Å². The highest BCUT2D eigenvalue weighted by atomic mass is 35.5. The molecule has 3 rings (SSSR count). The van der Waals surface area contributed by atoms with E-state index in [9.17, 15) is 0 Å². The van der Waals surface area contributed by atoms with E-state index in [4.69, 9.17) is 11.6 Å². The number of rotatable bonds is 2. The Morgan fingerprint density at radius 1 is 0.889 bits per heavy atom. The first-order valence-electron chi connectivity index (χ1n) is 5.76. The molecule has 0 spiro atoms. The molecule has 0 radical (unpaired) electrons. The summed E-state index contributed by atoms with van der Waals surface area (Å²) in [5.74, 6) is 0. The fourth-order valence-corrected chi connectivity index (χ4v) is 2.27. The standard InChI is InChI=1S/C15H11ClN2/c16-15-13-8-4-7-12(14(13)17-10-18-15)9-11-5-2-1-3-6-11/h1-8,10H,9H2. The molecule has 1 heterocycles.